The Kier molecular flexibility index (Phi) is 6.75. The summed E-state index contributed by atoms with van der Waals surface area (Å²) in [5, 5.41) is 3.41. The molecule has 0 atom stereocenters. The highest BCUT2D eigenvalue weighted by molar-refractivity contribution is 7.93. The van der Waals surface area contributed by atoms with Crippen LogP contribution in [-0.4, -0.2) is 36.2 Å². The molecule has 0 saturated carbocycles. The molecule has 38 heavy (non-hydrogen) atoms. The van der Waals surface area contributed by atoms with Crippen LogP contribution in [0.15, 0.2) is 59.7 Å². The number of nitrogen functional groups attached to an aromatic ring is 1. The van der Waals surface area contributed by atoms with Gasteiger partial charge in [-0.25, -0.2) is 18.6 Å². The van der Waals surface area contributed by atoms with Crippen LogP contribution in [0.3, 0.4) is 0 Å². The number of halogens is 1. The maximum absolute atomic E-state index is 15.4. The second-order valence-electron chi connectivity index (χ2n) is 9.46. The first-order valence-corrected chi connectivity index (χ1v) is 14.2. The fourth-order valence-electron chi connectivity index (χ4n) is 5.00. The number of aromatic nitrogens is 3. The monoisotopic (exact) mass is 532 g/mol. The SMILES string of the molecule is C=CC(=O)NCc1ccc(-c2c(-c3ccc(N=S4(=O)CCCC4)c(F)c3)c3c(N)ncnc3n2C)c(C)c1. The highest BCUT2D eigenvalue weighted by atomic mass is 32.2. The fraction of sp³-hybridized carbons (Fsp3) is 0.250. The van der Waals surface area contributed by atoms with Crippen LogP contribution in [0.5, 0.6) is 0 Å². The molecule has 1 saturated heterocycles. The second kappa shape index (κ2) is 10.0. The number of anilines is 1. The molecular weight excluding hydrogens is 503 g/mol. The summed E-state index contributed by atoms with van der Waals surface area (Å²) in [5.74, 6) is 0.507. The molecule has 0 bridgehead atoms. The summed E-state index contributed by atoms with van der Waals surface area (Å²) >= 11 is 0. The minimum Gasteiger partial charge on any atom is -0.383 e. The molecule has 1 amide bonds. The lowest BCUT2D eigenvalue weighted by molar-refractivity contribution is -0.116. The van der Waals surface area contributed by atoms with Crippen LogP contribution < -0.4 is 11.1 Å². The number of nitrogens with two attached hydrogens (primary N) is 1. The molecule has 8 nitrogen and oxygen atoms in total. The third-order valence-electron chi connectivity index (χ3n) is 6.87. The predicted octanol–water partition coefficient (Wildman–Crippen LogP) is 5.03. The predicted molar refractivity (Wildman–Crippen MR) is 150 cm³/mol. The Labute approximate surface area is 221 Å². The lowest BCUT2D eigenvalue weighted by atomic mass is 9.95. The molecule has 1 aliphatic heterocycles. The minimum atomic E-state index is -2.41. The quantitative estimate of drug-likeness (QED) is 0.338. The molecule has 1 fully saturated rings. The van der Waals surface area contributed by atoms with E-state index in [-0.39, 0.29) is 17.4 Å². The van der Waals surface area contributed by atoms with E-state index in [1.165, 1.54) is 18.5 Å². The van der Waals surface area contributed by atoms with Crippen LogP contribution >= 0.6 is 0 Å². The van der Waals surface area contributed by atoms with E-state index in [2.05, 4.69) is 26.2 Å². The van der Waals surface area contributed by atoms with Gasteiger partial charge in [-0.3, -0.25) is 4.79 Å². The molecule has 0 aliphatic carbocycles. The molecule has 2 aromatic heterocycles. The summed E-state index contributed by atoms with van der Waals surface area (Å²) in [6, 6.07) is 10.7. The Balaban J connectivity index is 1.67. The molecule has 10 heteroatoms. The van der Waals surface area contributed by atoms with Gasteiger partial charge in [-0.1, -0.05) is 30.8 Å². The molecule has 0 spiro atoms. The van der Waals surface area contributed by atoms with E-state index >= 15 is 4.39 Å². The molecule has 1 aliphatic rings. The Morgan fingerprint density at radius 3 is 2.68 bits per heavy atom. The summed E-state index contributed by atoms with van der Waals surface area (Å²) in [7, 11) is -0.523. The Hall–Kier alpha value is -4.05. The lowest BCUT2D eigenvalue weighted by Gasteiger charge is -2.14. The van der Waals surface area contributed by atoms with Gasteiger partial charge in [0.15, 0.2) is 0 Å². The number of fused-ring (bicyclic) bond motifs is 1. The van der Waals surface area contributed by atoms with Gasteiger partial charge in [-0.2, -0.15) is 4.36 Å². The van der Waals surface area contributed by atoms with Gasteiger partial charge < -0.3 is 15.6 Å². The largest absolute Gasteiger partial charge is 0.383 e. The number of benzene rings is 2. The molecule has 3 heterocycles. The number of aryl methyl sites for hydroxylation is 2. The first-order chi connectivity index (χ1) is 18.2. The van der Waals surface area contributed by atoms with Gasteiger partial charge in [0.25, 0.3) is 0 Å². The smallest absolute Gasteiger partial charge is 0.243 e. The van der Waals surface area contributed by atoms with Crippen molar-refractivity contribution in [1.82, 2.24) is 19.9 Å². The van der Waals surface area contributed by atoms with Gasteiger partial charge in [0, 0.05) is 36.2 Å². The zero-order valence-corrected chi connectivity index (χ0v) is 22.1. The van der Waals surface area contributed by atoms with E-state index in [1.807, 2.05) is 36.7 Å². The van der Waals surface area contributed by atoms with E-state index in [4.69, 9.17) is 5.73 Å². The van der Waals surface area contributed by atoms with Gasteiger partial charge >= 0.3 is 0 Å². The lowest BCUT2D eigenvalue weighted by Crippen LogP contribution is -2.19. The zero-order chi connectivity index (χ0) is 27.0. The highest BCUT2D eigenvalue weighted by Gasteiger charge is 2.24. The summed E-state index contributed by atoms with van der Waals surface area (Å²) in [6.07, 6.45) is 4.33. The summed E-state index contributed by atoms with van der Waals surface area (Å²) < 4.78 is 34.5. The molecule has 0 unspecified atom stereocenters. The van der Waals surface area contributed by atoms with Crippen molar-refractivity contribution in [3.05, 3.63) is 72.3 Å². The maximum Gasteiger partial charge on any atom is 0.243 e. The van der Waals surface area contributed by atoms with Gasteiger partial charge in [0.05, 0.1) is 20.8 Å². The van der Waals surface area contributed by atoms with Crippen LogP contribution in [-0.2, 0) is 28.1 Å². The van der Waals surface area contributed by atoms with Gasteiger partial charge in [-0.05, 0) is 54.7 Å². The number of hydrogen-bond acceptors (Lipinski definition) is 6. The number of carbonyl (C=O) groups is 1. The van der Waals surface area contributed by atoms with E-state index in [1.54, 1.807) is 12.1 Å². The highest BCUT2D eigenvalue weighted by Crippen LogP contribution is 2.43. The average molecular weight is 533 g/mol. The normalized spacial score (nSPS) is 14.5. The van der Waals surface area contributed by atoms with Crippen LogP contribution in [0.25, 0.3) is 33.4 Å². The van der Waals surface area contributed by atoms with Crippen molar-refractivity contribution < 1.29 is 13.4 Å². The first-order valence-electron chi connectivity index (χ1n) is 12.3. The molecule has 5 rings (SSSR count). The van der Waals surface area contributed by atoms with Crippen molar-refractivity contribution in [2.75, 3.05) is 17.2 Å². The van der Waals surface area contributed by atoms with Crippen molar-refractivity contribution in [3.63, 3.8) is 0 Å². The van der Waals surface area contributed by atoms with E-state index in [0.717, 1.165) is 35.2 Å². The van der Waals surface area contributed by atoms with Crippen molar-refractivity contribution in [3.8, 4) is 22.4 Å². The number of rotatable bonds is 6. The number of amides is 1. The Morgan fingerprint density at radius 1 is 1.24 bits per heavy atom. The standard InChI is InChI=1S/C28H29FN6O2S/c1-4-23(36)31-15-18-7-9-20(17(2)13-18)26-24(25-27(30)32-16-33-28(25)35(26)3)19-8-10-22(21(29)14-19)34-38(37)11-5-6-12-38/h4,7-10,13-14,16H,1,5-6,11-12,15H2,2-3H3,(H,31,36)(H2,30,32,33). The van der Waals surface area contributed by atoms with Gasteiger partial charge in [-0.15, -0.1) is 0 Å². The van der Waals surface area contributed by atoms with Crippen molar-refractivity contribution in [1.29, 1.82) is 0 Å². The maximum atomic E-state index is 15.4. The number of nitrogens with one attached hydrogen (secondary N) is 1. The molecule has 4 aromatic rings. The Bertz CT molecular complexity index is 1710. The van der Waals surface area contributed by atoms with Crippen molar-refractivity contribution >= 4 is 38.2 Å². The topological polar surface area (TPSA) is 115 Å². The van der Waals surface area contributed by atoms with E-state index in [0.29, 0.717) is 40.2 Å². The number of hydrogen-bond donors (Lipinski definition) is 2. The van der Waals surface area contributed by atoms with Crippen LogP contribution in [0.2, 0.25) is 0 Å². The van der Waals surface area contributed by atoms with Crippen molar-refractivity contribution in [2.24, 2.45) is 11.4 Å². The minimum absolute atomic E-state index is 0.105. The molecule has 196 valence electrons. The van der Waals surface area contributed by atoms with Crippen molar-refractivity contribution in [2.45, 2.75) is 26.3 Å². The molecule has 2 aromatic carbocycles. The Morgan fingerprint density at radius 2 is 2.00 bits per heavy atom. The molecular formula is C28H29FN6O2S. The summed E-state index contributed by atoms with van der Waals surface area (Å²) in [6.45, 7) is 5.82. The second-order valence-corrected chi connectivity index (χ2v) is 12.0. The molecule has 0 radical (unpaired) electrons. The number of carbonyl (C=O) groups excluding carboxylic acids is 1. The zero-order valence-electron chi connectivity index (χ0n) is 21.3. The number of nitrogens with zero attached hydrogens (tertiary/aromatic N) is 4. The average Bonchev–Trinajstić information content (AvgIpc) is 3.45. The summed E-state index contributed by atoms with van der Waals surface area (Å²) in [4.78, 5) is 20.3. The third-order valence-corrected chi connectivity index (χ3v) is 9.25. The van der Waals surface area contributed by atoms with E-state index < -0.39 is 15.5 Å². The third kappa shape index (κ3) is 4.67. The summed E-state index contributed by atoms with van der Waals surface area (Å²) in [5.41, 5.74) is 11.9. The van der Waals surface area contributed by atoms with Gasteiger partial charge in [0.1, 0.15) is 29.3 Å². The van der Waals surface area contributed by atoms with Crippen LogP contribution in [0.1, 0.15) is 24.0 Å². The van der Waals surface area contributed by atoms with Gasteiger partial charge in [0.2, 0.25) is 5.91 Å². The fourth-order valence-corrected chi connectivity index (χ4v) is 7.20. The first kappa shape index (κ1) is 25.6. The molecule has 3 N–H and O–H groups in total. The van der Waals surface area contributed by atoms with Crippen LogP contribution in [0, 0.1) is 12.7 Å². The van der Waals surface area contributed by atoms with E-state index in [9.17, 15) is 9.00 Å². The van der Waals surface area contributed by atoms with Crippen LogP contribution in [0.4, 0.5) is 15.9 Å².